The molecule has 5 nitrogen and oxygen atoms in total. The molecule has 1 aliphatic rings. The van der Waals surface area contributed by atoms with Gasteiger partial charge in [-0.15, -0.1) is 0 Å². The van der Waals surface area contributed by atoms with Crippen molar-refractivity contribution in [1.29, 1.82) is 0 Å². The average Bonchev–Trinajstić information content (AvgIpc) is 2.44. The summed E-state index contributed by atoms with van der Waals surface area (Å²) in [6.07, 6.45) is 0.924. The number of hydrogen-bond donors (Lipinski definition) is 2. The Labute approximate surface area is 113 Å². The van der Waals surface area contributed by atoms with E-state index in [9.17, 15) is 4.79 Å². The van der Waals surface area contributed by atoms with E-state index >= 15 is 0 Å². The third-order valence-electron chi connectivity index (χ3n) is 3.34. The molecule has 0 saturated heterocycles. The normalized spacial score (nSPS) is 16.7. The van der Waals surface area contributed by atoms with Gasteiger partial charge in [0.25, 0.3) is 0 Å². The van der Waals surface area contributed by atoms with Crippen LogP contribution in [0, 0.1) is 0 Å². The largest absolute Gasteiger partial charge is 0.486 e. The topological polar surface area (TPSA) is 73.6 Å². The third kappa shape index (κ3) is 2.66. The van der Waals surface area contributed by atoms with Gasteiger partial charge in [-0.1, -0.05) is 13.0 Å². The Hall–Kier alpha value is -1.75. The molecule has 1 unspecified atom stereocenters. The number of amides is 1. The van der Waals surface area contributed by atoms with Crippen molar-refractivity contribution in [1.82, 2.24) is 5.32 Å². The fourth-order valence-corrected chi connectivity index (χ4v) is 2.06. The highest BCUT2D eigenvalue weighted by Crippen LogP contribution is 2.34. The first-order chi connectivity index (χ1) is 9.08. The van der Waals surface area contributed by atoms with Gasteiger partial charge in [0.1, 0.15) is 18.8 Å². The summed E-state index contributed by atoms with van der Waals surface area (Å²) in [5.74, 6) is 0.962. The molecule has 19 heavy (non-hydrogen) atoms. The minimum absolute atomic E-state index is 0.405. The molecular formula is C14H20N2O3. The maximum atomic E-state index is 11.8. The van der Waals surface area contributed by atoms with Crippen LogP contribution in [0.25, 0.3) is 0 Å². The molecule has 104 valence electrons. The first-order valence-corrected chi connectivity index (χ1v) is 6.53. The van der Waals surface area contributed by atoms with Crippen LogP contribution in [0.5, 0.6) is 11.5 Å². The van der Waals surface area contributed by atoms with Crippen LogP contribution >= 0.6 is 0 Å². The highest BCUT2D eigenvalue weighted by atomic mass is 16.6. The molecule has 1 aromatic rings. The van der Waals surface area contributed by atoms with Crippen molar-refractivity contribution in [2.24, 2.45) is 5.73 Å². The molecule has 0 radical (unpaired) electrons. The van der Waals surface area contributed by atoms with Gasteiger partial charge in [-0.2, -0.15) is 0 Å². The van der Waals surface area contributed by atoms with Crippen molar-refractivity contribution in [3.63, 3.8) is 0 Å². The smallest absolute Gasteiger partial charge is 0.242 e. The Morgan fingerprint density at radius 3 is 2.68 bits per heavy atom. The summed E-state index contributed by atoms with van der Waals surface area (Å²) in [7, 11) is 0. The number of ether oxygens (including phenoxy) is 2. The van der Waals surface area contributed by atoms with E-state index in [1.165, 1.54) is 0 Å². The third-order valence-corrected chi connectivity index (χ3v) is 3.34. The van der Waals surface area contributed by atoms with Crippen LogP contribution in [0.2, 0.25) is 0 Å². The summed E-state index contributed by atoms with van der Waals surface area (Å²) in [6.45, 7) is 5.61. The van der Waals surface area contributed by atoms with Crippen LogP contribution in [0.15, 0.2) is 18.2 Å². The molecular weight excluding hydrogens is 244 g/mol. The first kappa shape index (κ1) is 13.7. The van der Waals surface area contributed by atoms with E-state index in [1.54, 1.807) is 6.92 Å². The molecule has 0 aromatic heterocycles. The molecule has 0 fully saturated rings. The summed E-state index contributed by atoms with van der Waals surface area (Å²) in [5, 5.41) is 3.20. The summed E-state index contributed by atoms with van der Waals surface area (Å²) < 4.78 is 11.0. The van der Waals surface area contributed by atoms with Crippen LogP contribution in [0.3, 0.4) is 0 Å². The number of fused-ring (bicyclic) bond motifs is 1. The van der Waals surface area contributed by atoms with Crippen molar-refractivity contribution < 1.29 is 14.3 Å². The van der Waals surface area contributed by atoms with Gasteiger partial charge in [0.15, 0.2) is 11.5 Å². The van der Waals surface area contributed by atoms with Crippen LogP contribution < -0.4 is 20.5 Å². The van der Waals surface area contributed by atoms with Crippen LogP contribution in [0.4, 0.5) is 0 Å². The maximum Gasteiger partial charge on any atom is 0.242 e. The standard InChI is InChI=1S/C14H20N2O3/c1-3-6-16-14(2,13(15)17)10-4-5-11-12(9-10)19-8-7-18-11/h4-5,9,16H,3,6-8H2,1-2H3,(H2,15,17). The molecule has 1 aromatic carbocycles. The summed E-state index contributed by atoms with van der Waals surface area (Å²) in [6, 6.07) is 5.49. The average molecular weight is 264 g/mol. The van der Waals surface area contributed by atoms with Gasteiger partial charge in [-0.05, 0) is 37.6 Å². The Bertz CT molecular complexity index is 476. The number of nitrogens with one attached hydrogen (secondary N) is 1. The van der Waals surface area contributed by atoms with Gasteiger partial charge < -0.3 is 15.2 Å². The van der Waals surface area contributed by atoms with E-state index in [0.717, 1.165) is 12.0 Å². The molecule has 0 spiro atoms. The summed E-state index contributed by atoms with van der Waals surface area (Å²) in [4.78, 5) is 11.8. The zero-order valence-electron chi connectivity index (χ0n) is 11.4. The molecule has 5 heteroatoms. The van der Waals surface area contributed by atoms with Crippen molar-refractivity contribution in [2.75, 3.05) is 19.8 Å². The molecule has 3 N–H and O–H groups in total. The van der Waals surface area contributed by atoms with Gasteiger partial charge in [-0.25, -0.2) is 0 Å². The van der Waals surface area contributed by atoms with Gasteiger partial charge in [-0.3, -0.25) is 10.1 Å². The molecule has 0 saturated carbocycles. The second kappa shape index (κ2) is 5.48. The first-order valence-electron chi connectivity index (χ1n) is 6.53. The second-order valence-electron chi connectivity index (χ2n) is 4.77. The van der Waals surface area contributed by atoms with Crippen LogP contribution in [-0.4, -0.2) is 25.7 Å². The number of carbonyl (C=O) groups is 1. The molecule has 1 amide bonds. The van der Waals surface area contributed by atoms with Gasteiger partial charge in [0.05, 0.1) is 0 Å². The maximum absolute atomic E-state index is 11.8. The quantitative estimate of drug-likeness (QED) is 0.837. The molecule has 1 heterocycles. The highest BCUT2D eigenvalue weighted by Gasteiger charge is 2.33. The number of hydrogen-bond acceptors (Lipinski definition) is 4. The molecule has 0 bridgehead atoms. The zero-order chi connectivity index (χ0) is 13.9. The van der Waals surface area contributed by atoms with Gasteiger partial charge >= 0.3 is 0 Å². The summed E-state index contributed by atoms with van der Waals surface area (Å²) >= 11 is 0. The van der Waals surface area contributed by atoms with E-state index < -0.39 is 11.4 Å². The lowest BCUT2D eigenvalue weighted by Gasteiger charge is -2.29. The van der Waals surface area contributed by atoms with Crippen molar-refractivity contribution in [3.8, 4) is 11.5 Å². The van der Waals surface area contributed by atoms with Crippen molar-refractivity contribution in [2.45, 2.75) is 25.8 Å². The van der Waals surface area contributed by atoms with Crippen molar-refractivity contribution in [3.05, 3.63) is 23.8 Å². The van der Waals surface area contributed by atoms with E-state index in [4.69, 9.17) is 15.2 Å². The SMILES string of the molecule is CCCNC(C)(C(N)=O)c1ccc2c(c1)OCCO2. The Balaban J connectivity index is 2.34. The van der Waals surface area contributed by atoms with E-state index in [1.807, 2.05) is 25.1 Å². The number of rotatable bonds is 5. The molecule has 2 rings (SSSR count). The molecule has 0 aliphatic carbocycles. The van der Waals surface area contributed by atoms with Crippen LogP contribution in [0.1, 0.15) is 25.8 Å². The monoisotopic (exact) mass is 264 g/mol. The second-order valence-corrected chi connectivity index (χ2v) is 4.77. The molecule has 1 aliphatic heterocycles. The lowest BCUT2D eigenvalue weighted by Crippen LogP contribution is -2.50. The van der Waals surface area contributed by atoms with E-state index in [0.29, 0.717) is 31.3 Å². The minimum Gasteiger partial charge on any atom is -0.486 e. The summed E-state index contributed by atoms with van der Waals surface area (Å²) in [5.41, 5.74) is 5.44. The lowest BCUT2D eigenvalue weighted by molar-refractivity contribution is -0.124. The number of benzene rings is 1. The van der Waals surface area contributed by atoms with Gasteiger partial charge in [0, 0.05) is 0 Å². The minimum atomic E-state index is -0.897. The predicted octanol–water partition coefficient (Wildman–Crippen LogP) is 1.16. The number of carbonyl (C=O) groups excluding carboxylic acids is 1. The Kier molecular flexibility index (Phi) is 3.95. The highest BCUT2D eigenvalue weighted by molar-refractivity contribution is 5.86. The lowest BCUT2D eigenvalue weighted by atomic mass is 9.90. The fraction of sp³-hybridized carbons (Fsp3) is 0.500. The molecule has 1 atom stereocenters. The van der Waals surface area contributed by atoms with Gasteiger partial charge in [0.2, 0.25) is 5.91 Å². The Morgan fingerprint density at radius 2 is 2.05 bits per heavy atom. The van der Waals surface area contributed by atoms with Crippen LogP contribution in [-0.2, 0) is 10.3 Å². The zero-order valence-corrected chi connectivity index (χ0v) is 11.4. The number of primary amides is 1. The number of nitrogens with two attached hydrogens (primary N) is 1. The predicted molar refractivity (Wildman–Crippen MR) is 72.3 cm³/mol. The van der Waals surface area contributed by atoms with E-state index in [2.05, 4.69) is 5.32 Å². The Morgan fingerprint density at radius 1 is 1.37 bits per heavy atom. The van der Waals surface area contributed by atoms with E-state index in [-0.39, 0.29) is 0 Å². The van der Waals surface area contributed by atoms with Crippen molar-refractivity contribution >= 4 is 5.91 Å². The fourth-order valence-electron chi connectivity index (χ4n) is 2.06.